The van der Waals surface area contributed by atoms with Crippen LogP contribution in [-0.2, 0) is 4.79 Å². The molecule has 192 valence electrons. The fourth-order valence-corrected chi connectivity index (χ4v) is 5.36. The summed E-state index contributed by atoms with van der Waals surface area (Å²) in [5, 5.41) is 3.14. The predicted octanol–water partition coefficient (Wildman–Crippen LogP) is 4.66. The number of pyridine rings is 1. The number of aromatic nitrogens is 4. The second-order valence-electron chi connectivity index (χ2n) is 9.72. The third kappa shape index (κ3) is 4.39. The molecule has 2 amide bonds. The van der Waals surface area contributed by atoms with Crippen molar-refractivity contribution in [3.05, 3.63) is 83.3 Å². The van der Waals surface area contributed by atoms with E-state index in [4.69, 9.17) is 22.3 Å². The van der Waals surface area contributed by atoms with Gasteiger partial charge in [0.2, 0.25) is 11.9 Å². The number of hydrogen-bond acceptors (Lipinski definition) is 6. The van der Waals surface area contributed by atoms with Crippen LogP contribution in [0.25, 0.3) is 16.9 Å². The monoisotopic (exact) mass is 527 g/mol. The number of rotatable bonds is 6. The van der Waals surface area contributed by atoms with Crippen molar-refractivity contribution in [1.29, 1.82) is 0 Å². The summed E-state index contributed by atoms with van der Waals surface area (Å²) in [6.45, 7) is 4.78. The number of fused-ring (bicyclic) bond motifs is 1. The van der Waals surface area contributed by atoms with E-state index in [2.05, 4.69) is 21.9 Å². The van der Waals surface area contributed by atoms with E-state index in [0.717, 1.165) is 17.6 Å². The van der Waals surface area contributed by atoms with Gasteiger partial charge in [-0.3, -0.25) is 14.0 Å². The average Bonchev–Trinajstić information content (AvgIpc) is 3.52. The number of nitrogen functional groups attached to an aromatic ring is 1. The van der Waals surface area contributed by atoms with Crippen LogP contribution in [0.3, 0.4) is 0 Å². The first kappa shape index (κ1) is 24.1. The fourth-order valence-electron chi connectivity index (χ4n) is 5.10. The van der Waals surface area contributed by atoms with Gasteiger partial charge in [-0.05, 0) is 67.2 Å². The Kier molecular flexibility index (Phi) is 6.07. The van der Waals surface area contributed by atoms with Crippen LogP contribution < -0.4 is 11.1 Å². The molecule has 2 aliphatic rings. The number of benzene rings is 1. The molecular formula is C28H26ClN7O2. The number of carbonyl (C=O) groups excluding carboxylic acids is 2. The minimum Gasteiger partial charge on any atom is -0.369 e. The Morgan fingerprint density at radius 3 is 2.66 bits per heavy atom. The first-order valence-corrected chi connectivity index (χ1v) is 12.9. The first-order chi connectivity index (χ1) is 18.4. The highest BCUT2D eigenvalue weighted by molar-refractivity contribution is 6.34. The molecule has 10 heteroatoms. The van der Waals surface area contributed by atoms with Gasteiger partial charge in [0, 0.05) is 37.0 Å². The molecule has 0 bridgehead atoms. The number of carbonyl (C=O) groups is 2. The lowest BCUT2D eigenvalue weighted by Gasteiger charge is -2.13. The first-order valence-electron chi connectivity index (χ1n) is 12.5. The number of hydrogen-bond donors (Lipinski definition) is 2. The third-order valence-corrected chi connectivity index (χ3v) is 7.53. The van der Waals surface area contributed by atoms with Crippen LogP contribution in [0.2, 0.25) is 5.02 Å². The fraction of sp³-hybridized carbons (Fsp3) is 0.250. The van der Waals surface area contributed by atoms with Crippen molar-refractivity contribution >= 4 is 40.7 Å². The number of imidazole rings is 1. The van der Waals surface area contributed by atoms with Gasteiger partial charge in [0.25, 0.3) is 5.91 Å². The molecule has 1 aliphatic carbocycles. The zero-order valence-corrected chi connectivity index (χ0v) is 21.4. The molecule has 1 aromatic carbocycles. The normalized spacial score (nSPS) is 17.1. The highest BCUT2D eigenvalue weighted by Crippen LogP contribution is 2.40. The van der Waals surface area contributed by atoms with Crippen LogP contribution in [0.1, 0.15) is 52.7 Å². The Labute approximate surface area is 224 Å². The molecule has 0 radical (unpaired) electrons. The minimum absolute atomic E-state index is 0.0453. The SMILES string of the molecule is C=CC(=O)N1CCC(c2nc(-c3ccc(C(=O)Nc4cc(C5CC5)ccn4)c(Cl)c3)n3c(N)nccc23)C1. The summed E-state index contributed by atoms with van der Waals surface area (Å²) in [4.78, 5) is 40.4. The second kappa shape index (κ2) is 9.57. The quantitative estimate of drug-likeness (QED) is 0.352. The van der Waals surface area contributed by atoms with Gasteiger partial charge < -0.3 is 16.0 Å². The average molecular weight is 528 g/mol. The molecule has 3 aromatic heterocycles. The largest absolute Gasteiger partial charge is 0.369 e. The number of amides is 2. The lowest BCUT2D eigenvalue weighted by Crippen LogP contribution is -2.26. The molecule has 1 aliphatic heterocycles. The van der Waals surface area contributed by atoms with Crippen molar-refractivity contribution in [3.8, 4) is 11.4 Å². The van der Waals surface area contributed by atoms with Crippen LogP contribution in [-0.4, -0.2) is 49.2 Å². The molecule has 9 nitrogen and oxygen atoms in total. The lowest BCUT2D eigenvalue weighted by atomic mass is 10.0. The van der Waals surface area contributed by atoms with Gasteiger partial charge >= 0.3 is 0 Å². The van der Waals surface area contributed by atoms with E-state index in [1.165, 1.54) is 24.5 Å². The van der Waals surface area contributed by atoms with Crippen LogP contribution in [0.4, 0.5) is 11.8 Å². The van der Waals surface area contributed by atoms with Gasteiger partial charge in [-0.15, -0.1) is 0 Å². The zero-order chi connectivity index (χ0) is 26.4. The molecule has 4 heterocycles. The maximum Gasteiger partial charge on any atom is 0.258 e. The van der Waals surface area contributed by atoms with E-state index in [1.807, 2.05) is 18.2 Å². The van der Waals surface area contributed by atoms with Crippen LogP contribution >= 0.6 is 11.6 Å². The standard InChI is InChI=1S/C28H26ClN7O2/c1-2-24(37)35-12-9-19(15-35)25-22-8-11-32-28(30)36(22)26(34-25)18-5-6-20(21(29)13-18)27(38)33-23-14-17(7-10-31-23)16-3-4-16/h2,5-8,10-11,13-14,16,19H,1,3-4,9,12,15H2,(H2,30,32)(H,31,33,38). The van der Waals surface area contributed by atoms with Gasteiger partial charge in [0.1, 0.15) is 11.6 Å². The molecule has 6 rings (SSSR count). The second-order valence-corrected chi connectivity index (χ2v) is 10.1. The van der Waals surface area contributed by atoms with Gasteiger partial charge in [0.15, 0.2) is 0 Å². The molecule has 4 aromatic rings. The van der Waals surface area contributed by atoms with E-state index in [1.54, 1.807) is 39.9 Å². The maximum atomic E-state index is 13.0. The number of likely N-dealkylation sites (tertiary alicyclic amines) is 1. The van der Waals surface area contributed by atoms with E-state index in [-0.39, 0.29) is 28.7 Å². The number of nitrogens with one attached hydrogen (secondary N) is 1. The zero-order valence-electron chi connectivity index (χ0n) is 20.6. The molecule has 1 atom stereocenters. The maximum absolute atomic E-state index is 13.0. The molecule has 2 fully saturated rings. The summed E-state index contributed by atoms with van der Waals surface area (Å²) in [7, 11) is 0. The molecule has 0 spiro atoms. The molecule has 38 heavy (non-hydrogen) atoms. The van der Waals surface area contributed by atoms with E-state index >= 15 is 0 Å². The Morgan fingerprint density at radius 1 is 1.08 bits per heavy atom. The smallest absolute Gasteiger partial charge is 0.258 e. The summed E-state index contributed by atoms with van der Waals surface area (Å²) in [5.41, 5.74) is 10.1. The Morgan fingerprint density at radius 2 is 1.89 bits per heavy atom. The van der Waals surface area contributed by atoms with Gasteiger partial charge in [-0.25, -0.2) is 15.0 Å². The minimum atomic E-state index is -0.338. The highest BCUT2D eigenvalue weighted by Gasteiger charge is 2.31. The third-order valence-electron chi connectivity index (χ3n) is 7.22. The highest BCUT2D eigenvalue weighted by atomic mass is 35.5. The van der Waals surface area contributed by atoms with E-state index in [0.29, 0.717) is 41.8 Å². The summed E-state index contributed by atoms with van der Waals surface area (Å²) < 4.78 is 1.78. The van der Waals surface area contributed by atoms with Crippen LogP contribution in [0.5, 0.6) is 0 Å². The lowest BCUT2D eigenvalue weighted by molar-refractivity contribution is -0.125. The van der Waals surface area contributed by atoms with Crippen molar-refractivity contribution in [3.63, 3.8) is 0 Å². The van der Waals surface area contributed by atoms with Crippen molar-refractivity contribution in [2.45, 2.75) is 31.1 Å². The van der Waals surface area contributed by atoms with Crippen LogP contribution in [0.15, 0.2) is 61.4 Å². The van der Waals surface area contributed by atoms with Gasteiger partial charge in [-0.1, -0.05) is 24.2 Å². The van der Waals surface area contributed by atoms with Crippen molar-refractivity contribution in [2.75, 3.05) is 24.1 Å². The number of nitrogens with zero attached hydrogens (tertiary/aromatic N) is 5. The summed E-state index contributed by atoms with van der Waals surface area (Å²) >= 11 is 6.61. The topological polar surface area (TPSA) is 119 Å². The molecule has 1 unspecified atom stereocenters. The van der Waals surface area contributed by atoms with Crippen LogP contribution in [0, 0.1) is 0 Å². The predicted molar refractivity (Wildman–Crippen MR) is 146 cm³/mol. The Bertz CT molecular complexity index is 1590. The summed E-state index contributed by atoms with van der Waals surface area (Å²) in [5.74, 6) is 1.53. The molecular weight excluding hydrogens is 502 g/mol. The summed E-state index contributed by atoms with van der Waals surface area (Å²) in [6.07, 6.45) is 7.81. The summed E-state index contributed by atoms with van der Waals surface area (Å²) in [6, 6.07) is 10.9. The van der Waals surface area contributed by atoms with Crippen molar-refractivity contribution in [1.82, 2.24) is 24.3 Å². The van der Waals surface area contributed by atoms with E-state index < -0.39 is 0 Å². The molecule has 3 N–H and O–H groups in total. The van der Waals surface area contributed by atoms with Gasteiger partial charge in [0.05, 0.1) is 21.8 Å². The van der Waals surface area contributed by atoms with Gasteiger partial charge in [-0.2, -0.15) is 0 Å². The van der Waals surface area contributed by atoms with E-state index in [9.17, 15) is 9.59 Å². The number of anilines is 2. The molecule has 1 saturated carbocycles. The van der Waals surface area contributed by atoms with Crippen molar-refractivity contribution in [2.24, 2.45) is 0 Å². The molecule has 1 saturated heterocycles. The number of nitrogens with two attached hydrogens (primary N) is 1. The van der Waals surface area contributed by atoms with Crippen molar-refractivity contribution < 1.29 is 9.59 Å². The Balaban J connectivity index is 1.31. The Hall–Kier alpha value is -4.24. The number of halogens is 1.